The Balaban J connectivity index is 2.84. The van der Waals surface area contributed by atoms with Gasteiger partial charge in [-0.15, -0.1) is 0 Å². The van der Waals surface area contributed by atoms with E-state index in [0.29, 0.717) is 11.2 Å². The maximum atomic E-state index is 11.3. The van der Waals surface area contributed by atoms with Gasteiger partial charge in [-0.1, -0.05) is 26.0 Å². The Labute approximate surface area is 85.4 Å². The van der Waals surface area contributed by atoms with Crippen molar-refractivity contribution in [2.45, 2.75) is 20.3 Å². The summed E-state index contributed by atoms with van der Waals surface area (Å²) in [5.41, 5.74) is 1.22. The highest BCUT2D eigenvalue weighted by Crippen LogP contribution is 2.33. The molecule has 0 fully saturated rings. The Kier molecular flexibility index (Phi) is 3.52. The molecule has 14 heavy (non-hydrogen) atoms. The second kappa shape index (κ2) is 4.29. The van der Waals surface area contributed by atoms with Crippen molar-refractivity contribution in [2.24, 2.45) is 5.92 Å². The zero-order valence-corrected chi connectivity index (χ0v) is 9.79. The molecular weight excluding hydrogens is 195 g/mol. The molecule has 1 rings (SSSR count). The number of hydrogen-bond donors (Lipinski definition) is 1. The molecule has 0 radical (unpaired) electrons. The first-order valence-electron chi connectivity index (χ1n) is 4.79. The van der Waals surface area contributed by atoms with Crippen molar-refractivity contribution in [3.63, 3.8) is 0 Å². The summed E-state index contributed by atoms with van der Waals surface area (Å²) in [6, 6.07) is 7.36. The van der Waals surface area contributed by atoms with Crippen LogP contribution in [0.1, 0.15) is 19.4 Å². The van der Waals surface area contributed by atoms with Crippen molar-refractivity contribution in [3.8, 4) is 0 Å². The molecule has 0 aliphatic carbocycles. The summed E-state index contributed by atoms with van der Waals surface area (Å²) in [6.07, 6.45) is 1.01. The molecule has 2 nitrogen and oxygen atoms in total. The molecule has 0 saturated carbocycles. The zero-order chi connectivity index (χ0) is 10.8. The third-order valence-corrected chi connectivity index (χ3v) is 3.32. The van der Waals surface area contributed by atoms with Crippen LogP contribution in [0.15, 0.2) is 24.3 Å². The van der Waals surface area contributed by atoms with E-state index in [9.17, 15) is 9.46 Å². The number of hydrogen-bond acceptors (Lipinski definition) is 1. The average molecular weight is 212 g/mol. The van der Waals surface area contributed by atoms with Crippen molar-refractivity contribution in [1.82, 2.24) is 0 Å². The fourth-order valence-electron chi connectivity index (χ4n) is 1.38. The second-order valence-corrected chi connectivity index (χ2v) is 6.42. The molecule has 1 atom stereocenters. The molecule has 1 aromatic rings. The van der Waals surface area contributed by atoms with Gasteiger partial charge in [0.2, 0.25) is 7.37 Å². The van der Waals surface area contributed by atoms with Gasteiger partial charge < -0.3 is 4.89 Å². The Morgan fingerprint density at radius 2 is 1.79 bits per heavy atom. The van der Waals surface area contributed by atoms with Crippen LogP contribution in [0.3, 0.4) is 0 Å². The monoisotopic (exact) mass is 212 g/mol. The van der Waals surface area contributed by atoms with Gasteiger partial charge in [0.1, 0.15) is 0 Å². The van der Waals surface area contributed by atoms with Gasteiger partial charge >= 0.3 is 0 Å². The highest BCUT2D eigenvalue weighted by atomic mass is 31.2. The lowest BCUT2D eigenvalue weighted by Crippen LogP contribution is -2.03. The van der Waals surface area contributed by atoms with Crippen LogP contribution in [0, 0.1) is 5.92 Å². The van der Waals surface area contributed by atoms with Gasteiger partial charge in [0, 0.05) is 12.0 Å². The van der Waals surface area contributed by atoms with Crippen LogP contribution < -0.4 is 5.30 Å². The fraction of sp³-hybridized carbons (Fsp3) is 0.455. The molecule has 0 aliphatic heterocycles. The van der Waals surface area contributed by atoms with E-state index in [2.05, 4.69) is 13.8 Å². The molecule has 0 amide bonds. The molecule has 1 aromatic carbocycles. The first-order valence-corrected chi connectivity index (χ1v) is 6.90. The summed E-state index contributed by atoms with van der Waals surface area (Å²) >= 11 is 0. The highest BCUT2D eigenvalue weighted by molar-refractivity contribution is 7.65. The molecule has 3 heteroatoms. The molecule has 0 aromatic heterocycles. The van der Waals surface area contributed by atoms with E-state index in [1.165, 1.54) is 12.2 Å². The Morgan fingerprint density at radius 1 is 1.29 bits per heavy atom. The summed E-state index contributed by atoms with van der Waals surface area (Å²) < 4.78 is 11.3. The first kappa shape index (κ1) is 11.5. The van der Waals surface area contributed by atoms with Crippen molar-refractivity contribution in [1.29, 1.82) is 0 Å². The van der Waals surface area contributed by atoms with Gasteiger partial charge in [0.25, 0.3) is 0 Å². The summed E-state index contributed by atoms with van der Waals surface area (Å²) in [4.78, 5) is 9.32. The molecule has 1 unspecified atom stereocenters. The quantitative estimate of drug-likeness (QED) is 0.781. The average Bonchev–Trinajstić information content (AvgIpc) is 2.02. The number of benzene rings is 1. The second-order valence-electron chi connectivity index (χ2n) is 4.14. The van der Waals surface area contributed by atoms with Gasteiger partial charge in [-0.3, -0.25) is 4.57 Å². The van der Waals surface area contributed by atoms with E-state index in [1.807, 2.05) is 12.1 Å². The minimum absolute atomic E-state index is 0.532. The fourth-order valence-corrected chi connectivity index (χ4v) is 2.08. The van der Waals surface area contributed by atoms with Crippen LogP contribution in [0.2, 0.25) is 0 Å². The first-order chi connectivity index (χ1) is 6.39. The van der Waals surface area contributed by atoms with E-state index in [-0.39, 0.29) is 0 Å². The maximum absolute atomic E-state index is 11.3. The minimum Gasteiger partial charge on any atom is -0.341 e. The van der Waals surface area contributed by atoms with E-state index in [1.54, 1.807) is 12.1 Å². The Hall–Kier alpha value is -0.590. The molecule has 0 spiro atoms. The van der Waals surface area contributed by atoms with Crippen LogP contribution in [0.5, 0.6) is 0 Å². The van der Waals surface area contributed by atoms with Crippen LogP contribution in [-0.2, 0) is 11.0 Å². The SMILES string of the molecule is CC(C)Cc1ccc(P(C)(=O)O)cc1. The normalized spacial score (nSPS) is 15.5. The van der Waals surface area contributed by atoms with Crippen molar-refractivity contribution in [2.75, 3.05) is 6.66 Å². The zero-order valence-electron chi connectivity index (χ0n) is 8.90. The molecule has 1 N–H and O–H groups in total. The van der Waals surface area contributed by atoms with Crippen molar-refractivity contribution < 1.29 is 9.46 Å². The summed E-state index contributed by atoms with van der Waals surface area (Å²) in [5.74, 6) is 0.614. The van der Waals surface area contributed by atoms with Crippen LogP contribution in [0.25, 0.3) is 0 Å². The summed E-state index contributed by atoms with van der Waals surface area (Å²) in [5, 5.41) is 0.532. The molecule has 78 valence electrons. The maximum Gasteiger partial charge on any atom is 0.226 e. The van der Waals surface area contributed by atoms with Gasteiger partial charge in [-0.05, 0) is 30.0 Å². The molecule has 0 heterocycles. The number of rotatable bonds is 3. The van der Waals surface area contributed by atoms with E-state index < -0.39 is 7.37 Å². The molecule has 0 saturated heterocycles. The minimum atomic E-state index is -3.07. The third kappa shape index (κ3) is 3.28. The largest absolute Gasteiger partial charge is 0.341 e. The molecule has 0 bridgehead atoms. The van der Waals surface area contributed by atoms with Crippen molar-refractivity contribution in [3.05, 3.63) is 29.8 Å². The van der Waals surface area contributed by atoms with Gasteiger partial charge in [0.15, 0.2) is 0 Å². The lowest BCUT2D eigenvalue weighted by molar-refractivity contribution is 0.496. The van der Waals surface area contributed by atoms with Crippen molar-refractivity contribution >= 4 is 12.7 Å². The van der Waals surface area contributed by atoms with Gasteiger partial charge in [0.05, 0.1) is 0 Å². The van der Waals surface area contributed by atoms with Crippen LogP contribution in [0.4, 0.5) is 0 Å². The smallest absolute Gasteiger partial charge is 0.226 e. The van der Waals surface area contributed by atoms with Crippen LogP contribution >= 0.6 is 7.37 Å². The van der Waals surface area contributed by atoms with Gasteiger partial charge in [-0.2, -0.15) is 0 Å². The molecule has 0 aliphatic rings. The predicted octanol–water partition coefficient (Wildman–Crippen LogP) is 2.41. The van der Waals surface area contributed by atoms with E-state index in [4.69, 9.17) is 0 Å². The van der Waals surface area contributed by atoms with E-state index >= 15 is 0 Å². The van der Waals surface area contributed by atoms with Gasteiger partial charge in [-0.25, -0.2) is 0 Å². The Morgan fingerprint density at radius 3 is 2.14 bits per heavy atom. The summed E-state index contributed by atoms with van der Waals surface area (Å²) in [6.45, 7) is 5.68. The lowest BCUT2D eigenvalue weighted by Gasteiger charge is -2.08. The summed E-state index contributed by atoms with van der Waals surface area (Å²) in [7, 11) is -3.07. The third-order valence-electron chi connectivity index (χ3n) is 2.06. The lowest BCUT2D eigenvalue weighted by atomic mass is 10.0. The Bertz CT molecular complexity index is 335. The predicted molar refractivity (Wildman–Crippen MR) is 60.4 cm³/mol. The standard InChI is InChI=1S/C11H17O2P/c1-9(2)8-10-4-6-11(7-5-10)14(3,12)13/h4-7,9H,8H2,1-3H3,(H,12,13). The van der Waals surface area contributed by atoms with Crippen LogP contribution in [-0.4, -0.2) is 11.6 Å². The topological polar surface area (TPSA) is 37.3 Å². The highest BCUT2D eigenvalue weighted by Gasteiger charge is 2.12. The van der Waals surface area contributed by atoms with E-state index in [0.717, 1.165) is 6.42 Å². The molecular formula is C11H17O2P.